The van der Waals surface area contributed by atoms with Gasteiger partial charge in [-0.15, -0.1) is 0 Å². The smallest absolute Gasteiger partial charge is 0.183 e. The van der Waals surface area contributed by atoms with Crippen LogP contribution >= 0.6 is 0 Å². The van der Waals surface area contributed by atoms with Crippen molar-refractivity contribution in [3.63, 3.8) is 0 Å². The quantitative estimate of drug-likeness (QED) is 0.708. The third-order valence-electron chi connectivity index (χ3n) is 2.58. The Bertz CT molecular complexity index is 542. The van der Waals surface area contributed by atoms with Gasteiger partial charge in [-0.2, -0.15) is 0 Å². The largest absolute Gasteiger partial charge is 0.391 e. The Morgan fingerprint density at radius 3 is 3.12 bits per heavy atom. The summed E-state index contributed by atoms with van der Waals surface area (Å²) in [5.41, 5.74) is 6.80. The summed E-state index contributed by atoms with van der Waals surface area (Å²) in [6.07, 6.45) is 1.99. The van der Waals surface area contributed by atoms with Gasteiger partial charge in [-0.1, -0.05) is 0 Å². The summed E-state index contributed by atoms with van der Waals surface area (Å²) in [7, 11) is 0. The van der Waals surface area contributed by atoms with E-state index in [2.05, 4.69) is 15.0 Å². The van der Waals surface area contributed by atoms with E-state index in [4.69, 9.17) is 20.3 Å². The van der Waals surface area contributed by atoms with E-state index in [0.29, 0.717) is 23.6 Å². The van der Waals surface area contributed by atoms with E-state index >= 15 is 0 Å². The van der Waals surface area contributed by atoms with Gasteiger partial charge in [0.1, 0.15) is 11.8 Å². The van der Waals surface area contributed by atoms with E-state index in [1.807, 2.05) is 0 Å². The Morgan fingerprint density at radius 1 is 1.47 bits per heavy atom. The molecule has 0 saturated carbocycles. The molecule has 8 heteroatoms. The number of nitrogens with zero attached hydrogens (tertiary/aromatic N) is 4. The SMILES string of the molecule is Nc1ncnc2c1ncn2[C@H]1CO[C@H](CO)O1. The first-order valence-corrected chi connectivity index (χ1v) is 5.10. The monoisotopic (exact) mass is 237 g/mol. The molecule has 1 fully saturated rings. The molecular weight excluding hydrogens is 226 g/mol. The lowest BCUT2D eigenvalue weighted by Crippen LogP contribution is -2.15. The number of nitrogens with two attached hydrogens (primary N) is 1. The van der Waals surface area contributed by atoms with Crippen LogP contribution in [0.4, 0.5) is 5.82 Å². The average molecular weight is 237 g/mol. The number of nitrogen functional groups attached to an aromatic ring is 1. The number of ether oxygens (including phenoxy) is 2. The molecule has 0 radical (unpaired) electrons. The summed E-state index contributed by atoms with van der Waals surface area (Å²) in [6.45, 7) is 0.154. The van der Waals surface area contributed by atoms with E-state index in [-0.39, 0.29) is 12.8 Å². The molecule has 0 aliphatic carbocycles. The van der Waals surface area contributed by atoms with Gasteiger partial charge in [-0.05, 0) is 0 Å². The second kappa shape index (κ2) is 3.91. The Morgan fingerprint density at radius 2 is 2.35 bits per heavy atom. The summed E-state index contributed by atoms with van der Waals surface area (Å²) in [6, 6.07) is 0. The number of aromatic nitrogens is 4. The van der Waals surface area contributed by atoms with Gasteiger partial charge in [0.15, 0.2) is 24.0 Å². The van der Waals surface area contributed by atoms with Crippen LogP contribution in [0.15, 0.2) is 12.7 Å². The van der Waals surface area contributed by atoms with E-state index in [1.165, 1.54) is 6.33 Å². The molecule has 0 spiro atoms. The third kappa shape index (κ3) is 1.62. The molecule has 0 unspecified atom stereocenters. The molecule has 0 amide bonds. The highest BCUT2D eigenvalue weighted by molar-refractivity contribution is 5.81. The van der Waals surface area contributed by atoms with Gasteiger partial charge in [0.25, 0.3) is 0 Å². The van der Waals surface area contributed by atoms with Gasteiger partial charge in [0.05, 0.1) is 19.5 Å². The summed E-state index contributed by atoms with van der Waals surface area (Å²) in [4.78, 5) is 12.1. The summed E-state index contributed by atoms with van der Waals surface area (Å²) >= 11 is 0. The molecule has 3 N–H and O–H groups in total. The predicted molar refractivity (Wildman–Crippen MR) is 56.7 cm³/mol. The van der Waals surface area contributed by atoms with Crippen molar-refractivity contribution in [1.29, 1.82) is 0 Å². The molecule has 1 saturated heterocycles. The van der Waals surface area contributed by atoms with Gasteiger partial charge >= 0.3 is 0 Å². The number of imidazole rings is 1. The highest BCUT2D eigenvalue weighted by Crippen LogP contribution is 2.25. The Kier molecular flexibility index (Phi) is 2.39. The van der Waals surface area contributed by atoms with Gasteiger partial charge < -0.3 is 20.3 Å². The highest BCUT2D eigenvalue weighted by atomic mass is 16.7. The van der Waals surface area contributed by atoms with Gasteiger partial charge in [-0.25, -0.2) is 15.0 Å². The zero-order valence-electron chi connectivity index (χ0n) is 8.85. The minimum absolute atomic E-state index is 0.180. The molecule has 1 aliphatic heterocycles. The van der Waals surface area contributed by atoms with Gasteiger partial charge in [-0.3, -0.25) is 4.57 Å². The van der Waals surface area contributed by atoms with Crippen LogP contribution in [0.2, 0.25) is 0 Å². The number of hydrogen-bond acceptors (Lipinski definition) is 7. The Hall–Kier alpha value is -1.77. The molecule has 3 rings (SSSR count). The van der Waals surface area contributed by atoms with Crippen LogP contribution < -0.4 is 5.73 Å². The maximum atomic E-state index is 8.92. The van der Waals surface area contributed by atoms with E-state index in [1.54, 1.807) is 10.9 Å². The average Bonchev–Trinajstić information content (AvgIpc) is 2.94. The van der Waals surface area contributed by atoms with Crippen LogP contribution in [-0.2, 0) is 9.47 Å². The summed E-state index contributed by atoms with van der Waals surface area (Å²) in [5.74, 6) is 0.325. The number of aliphatic hydroxyl groups is 1. The second-order valence-electron chi connectivity index (χ2n) is 3.62. The zero-order valence-corrected chi connectivity index (χ0v) is 8.85. The lowest BCUT2D eigenvalue weighted by atomic mass is 10.5. The lowest BCUT2D eigenvalue weighted by Gasteiger charge is -2.11. The molecule has 17 heavy (non-hydrogen) atoms. The summed E-state index contributed by atoms with van der Waals surface area (Å²) in [5, 5.41) is 8.92. The standard InChI is InChI=1S/C9H11N5O3/c10-8-7-9(12-3-11-8)14(4-13-7)5-2-16-6(1-15)17-5/h3-6,15H,1-2H2,(H2,10,11,12)/t5-,6+/m1/s1. The first-order valence-electron chi connectivity index (χ1n) is 5.10. The van der Waals surface area contributed by atoms with Crippen molar-refractivity contribution < 1.29 is 14.6 Å². The predicted octanol–water partition coefficient (Wildman–Crippen LogP) is -0.728. The van der Waals surface area contributed by atoms with Crippen molar-refractivity contribution in [3.8, 4) is 0 Å². The molecule has 2 atom stereocenters. The van der Waals surface area contributed by atoms with E-state index < -0.39 is 6.29 Å². The normalized spacial score (nSPS) is 24.5. The zero-order chi connectivity index (χ0) is 11.8. The van der Waals surface area contributed by atoms with Crippen LogP contribution in [0.1, 0.15) is 6.23 Å². The molecule has 2 aromatic rings. The van der Waals surface area contributed by atoms with E-state index in [9.17, 15) is 0 Å². The molecule has 0 aromatic carbocycles. The molecular formula is C9H11N5O3. The van der Waals surface area contributed by atoms with Crippen molar-refractivity contribution in [2.45, 2.75) is 12.5 Å². The fraction of sp³-hybridized carbons (Fsp3) is 0.444. The second-order valence-corrected chi connectivity index (χ2v) is 3.62. The number of fused-ring (bicyclic) bond motifs is 1. The molecule has 3 heterocycles. The maximum absolute atomic E-state index is 8.92. The van der Waals surface area contributed by atoms with Crippen LogP contribution in [0.25, 0.3) is 11.2 Å². The number of aliphatic hydroxyl groups excluding tert-OH is 1. The topological polar surface area (TPSA) is 108 Å². The molecule has 90 valence electrons. The molecule has 2 aromatic heterocycles. The Labute approximate surface area is 96.0 Å². The third-order valence-corrected chi connectivity index (χ3v) is 2.58. The minimum Gasteiger partial charge on any atom is -0.391 e. The van der Waals surface area contributed by atoms with E-state index in [0.717, 1.165) is 0 Å². The number of hydrogen-bond donors (Lipinski definition) is 2. The van der Waals surface area contributed by atoms with Crippen LogP contribution in [0.5, 0.6) is 0 Å². The first-order chi connectivity index (χ1) is 8.29. The first kappa shape index (κ1) is 10.4. The van der Waals surface area contributed by atoms with Crippen molar-refractivity contribution in [2.24, 2.45) is 0 Å². The maximum Gasteiger partial charge on any atom is 0.183 e. The molecule has 1 aliphatic rings. The van der Waals surface area contributed by atoms with Crippen molar-refractivity contribution >= 4 is 17.0 Å². The van der Waals surface area contributed by atoms with Gasteiger partial charge in [0.2, 0.25) is 0 Å². The van der Waals surface area contributed by atoms with Crippen LogP contribution in [0, 0.1) is 0 Å². The van der Waals surface area contributed by atoms with Crippen LogP contribution in [0.3, 0.4) is 0 Å². The molecule has 0 bridgehead atoms. The van der Waals surface area contributed by atoms with Crippen LogP contribution in [-0.4, -0.2) is 44.1 Å². The fourth-order valence-corrected chi connectivity index (χ4v) is 1.77. The minimum atomic E-state index is -0.600. The number of rotatable bonds is 2. The van der Waals surface area contributed by atoms with Crippen molar-refractivity contribution in [2.75, 3.05) is 18.9 Å². The van der Waals surface area contributed by atoms with Gasteiger partial charge in [0, 0.05) is 0 Å². The van der Waals surface area contributed by atoms with Crippen molar-refractivity contribution in [3.05, 3.63) is 12.7 Å². The highest BCUT2D eigenvalue weighted by Gasteiger charge is 2.28. The Balaban J connectivity index is 1.99. The van der Waals surface area contributed by atoms with Crippen molar-refractivity contribution in [1.82, 2.24) is 19.5 Å². The fourth-order valence-electron chi connectivity index (χ4n) is 1.77. The summed E-state index contributed by atoms with van der Waals surface area (Å²) < 4.78 is 12.4. The molecule has 8 nitrogen and oxygen atoms in total. The number of anilines is 1. The lowest BCUT2D eigenvalue weighted by molar-refractivity contribution is -0.0980.